The molecule has 3 nitrogen and oxygen atoms in total. The molecule has 1 N–H and O–H groups in total. The van der Waals surface area contributed by atoms with Crippen molar-refractivity contribution in [2.75, 3.05) is 19.0 Å². The largest absolute Gasteiger partial charge is 0.434 e. The lowest BCUT2D eigenvalue weighted by molar-refractivity contribution is -0.140. The van der Waals surface area contributed by atoms with Crippen LogP contribution in [-0.4, -0.2) is 24.2 Å². The van der Waals surface area contributed by atoms with Crippen LogP contribution in [0.25, 0.3) is 0 Å². The Bertz CT molecular complexity index is 382. The summed E-state index contributed by atoms with van der Waals surface area (Å²) >= 11 is 0.964. The Kier molecular flexibility index (Phi) is 3.31. The summed E-state index contributed by atoms with van der Waals surface area (Å²) < 4.78 is 42.3. The van der Waals surface area contributed by atoms with Crippen LogP contribution in [-0.2, 0) is 10.9 Å². The normalized spacial score (nSPS) is 18.8. The lowest BCUT2D eigenvalue weighted by atomic mass is 9.80. The number of halogens is 3. The summed E-state index contributed by atoms with van der Waals surface area (Å²) in [5, 5.41) is 4.22. The molecule has 7 heteroatoms. The Morgan fingerprint density at radius 3 is 2.65 bits per heavy atom. The van der Waals surface area contributed by atoms with Gasteiger partial charge in [-0.25, -0.2) is 4.98 Å². The van der Waals surface area contributed by atoms with Crippen LogP contribution in [0, 0.1) is 0 Å². The van der Waals surface area contributed by atoms with Gasteiger partial charge in [0.2, 0.25) is 0 Å². The van der Waals surface area contributed by atoms with Gasteiger partial charge in [-0.05, 0) is 19.3 Å². The van der Waals surface area contributed by atoms with Crippen molar-refractivity contribution in [3.63, 3.8) is 0 Å². The zero-order chi connectivity index (χ0) is 12.5. The summed E-state index contributed by atoms with van der Waals surface area (Å²) in [6.45, 7) is 0.508. The van der Waals surface area contributed by atoms with E-state index in [9.17, 15) is 13.2 Å². The van der Waals surface area contributed by atoms with Crippen molar-refractivity contribution in [2.45, 2.75) is 31.0 Å². The lowest BCUT2D eigenvalue weighted by Crippen LogP contribution is -2.45. The Labute approximate surface area is 101 Å². The highest BCUT2D eigenvalue weighted by atomic mass is 32.1. The van der Waals surface area contributed by atoms with Gasteiger partial charge < -0.3 is 10.1 Å². The summed E-state index contributed by atoms with van der Waals surface area (Å²) in [6.07, 6.45) is -1.39. The highest BCUT2D eigenvalue weighted by Gasteiger charge is 2.37. The first-order chi connectivity index (χ1) is 7.95. The second kappa shape index (κ2) is 4.45. The molecule has 1 aliphatic rings. The molecule has 1 aromatic rings. The van der Waals surface area contributed by atoms with E-state index in [-0.39, 0.29) is 5.60 Å². The number of alkyl halides is 3. The smallest absolute Gasteiger partial charge is 0.376 e. The third-order valence-electron chi connectivity index (χ3n) is 3.05. The van der Waals surface area contributed by atoms with Gasteiger partial charge in [-0.2, -0.15) is 13.2 Å². The monoisotopic (exact) mass is 266 g/mol. The highest BCUT2D eigenvalue weighted by molar-refractivity contribution is 7.13. The van der Waals surface area contributed by atoms with E-state index in [1.807, 2.05) is 0 Å². The van der Waals surface area contributed by atoms with Crippen molar-refractivity contribution < 1.29 is 17.9 Å². The number of thiazole rings is 1. The highest BCUT2D eigenvalue weighted by Crippen LogP contribution is 2.36. The number of anilines is 1. The van der Waals surface area contributed by atoms with E-state index in [1.54, 1.807) is 7.11 Å². The van der Waals surface area contributed by atoms with Gasteiger partial charge in [0.1, 0.15) is 0 Å². The molecule has 1 saturated carbocycles. The van der Waals surface area contributed by atoms with Gasteiger partial charge in [0, 0.05) is 19.0 Å². The SMILES string of the molecule is COC1(CNc2nc(C(F)(F)F)cs2)CCC1. The van der Waals surface area contributed by atoms with E-state index in [0.717, 1.165) is 36.0 Å². The molecular formula is C10H13F3N2OS. The molecule has 0 radical (unpaired) electrons. The van der Waals surface area contributed by atoms with Gasteiger partial charge >= 0.3 is 6.18 Å². The molecule has 0 unspecified atom stereocenters. The minimum Gasteiger partial charge on any atom is -0.376 e. The molecule has 0 bridgehead atoms. The van der Waals surface area contributed by atoms with Gasteiger partial charge in [-0.1, -0.05) is 0 Å². The maximum atomic E-state index is 12.3. The van der Waals surface area contributed by atoms with E-state index < -0.39 is 11.9 Å². The van der Waals surface area contributed by atoms with Crippen LogP contribution in [0.15, 0.2) is 5.38 Å². The van der Waals surface area contributed by atoms with E-state index in [4.69, 9.17) is 4.74 Å². The maximum Gasteiger partial charge on any atom is 0.434 e. The maximum absolute atomic E-state index is 12.3. The Hall–Kier alpha value is -0.820. The molecule has 1 aliphatic carbocycles. The number of methoxy groups -OCH3 is 1. The van der Waals surface area contributed by atoms with E-state index in [0.29, 0.717) is 11.7 Å². The van der Waals surface area contributed by atoms with Crippen LogP contribution in [0.1, 0.15) is 25.0 Å². The Balaban J connectivity index is 1.93. The van der Waals surface area contributed by atoms with Crippen molar-refractivity contribution in [2.24, 2.45) is 0 Å². The molecule has 1 aromatic heterocycles. The molecule has 2 rings (SSSR count). The number of hydrogen-bond acceptors (Lipinski definition) is 4. The number of nitrogens with zero attached hydrogens (tertiary/aromatic N) is 1. The Morgan fingerprint density at radius 1 is 1.53 bits per heavy atom. The Morgan fingerprint density at radius 2 is 2.24 bits per heavy atom. The number of aromatic nitrogens is 1. The fraction of sp³-hybridized carbons (Fsp3) is 0.700. The predicted octanol–water partition coefficient (Wildman–Crippen LogP) is 3.14. The standard InChI is InChI=1S/C10H13F3N2OS/c1-16-9(3-2-4-9)6-14-8-15-7(5-17-8)10(11,12)13/h5H,2-4,6H2,1H3,(H,14,15). The molecular weight excluding hydrogens is 253 g/mol. The zero-order valence-electron chi connectivity index (χ0n) is 9.30. The molecule has 1 heterocycles. The van der Waals surface area contributed by atoms with Crippen LogP contribution in [0.4, 0.5) is 18.3 Å². The third-order valence-corrected chi connectivity index (χ3v) is 3.85. The first kappa shape index (κ1) is 12.6. The second-order valence-corrected chi connectivity index (χ2v) is 4.99. The molecule has 0 atom stereocenters. The average Bonchev–Trinajstić information content (AvgIpc) is 2.65. The summed E-state index contributed by atoms with van der Waals surface area (Å²) in [5.41, 5.74) is -1.06. The van der Waals surface area contributed by atoms with Crippen molar-refractivity contribution in [3.05, 3.63) is 11.1 Å². The topological polar surface area (TPSA) is 34.1 Å². The average molecular weight is 266 g/mol. The fourth-order valence-corrected chi connectivity index (χ4v) is 2.46. The minimum atomic E-state index is -4.37. The van der Waals surface area contributed by atoms with Crippen LogP contribution in [0.2, 0.25) is 0 Å². The van der Waals surface area contributed by atoms with Crippen LogP contribution >= 0.6 is 11.3 Å². The van der Waals surface area contributed by atoms with Crippen molar-refractivity contribution in [1.29, 1.82) is 0 Å². The third kappa shape index (κ3) is 2.71. The molecule has 0 aromatic carbocycles. The number of nitrogens with one attached hydrogen (secondary N) is 1. The predicted molar refractivity (Wildman–Crippen MR) is 59.2 cm³/mol. The lowest BCUT2D eigenvalue weighted by Gasteiger charge is -2.40. The molecule has 0 aliphatic heterocycles. The van der Waals surface area contributed by atoms with Gasteiger partial charge in [-0.15, -0.1) is 11.3 Å². The molecule has 0 saturated heterocycles. The van der Waals surface area contributed by atoms with Gasteiger partial charge in [-0.3, -0.25) is 0 Å². The molecule has 1 fully saturated rings. The fourth-order valence-electron chi connectivity index (χ4n) is 1.75. The summed E-state index contributed by atoms with van der Waals surface area (Å²) in [5.74, 6) is 0. The first-order valence-electron chi connectivity index (χ1n) is 5.27. The van der Waals surface area contributed by atoms with E-state index in [2.05, 4.69) is 10.3 Å². The summed E-state index contributed by atoms with van der Waals surface area (Å²) in [4.78, 5) is 3.50. The number of ether oxygens (including phenoxy) is 1. The second-order valence-electron chi connectivity index (χ2n) is 4.13. The van der Waals surface area contributed by atoms with Crippen LogP contribution in [0.3, 0.4) is 0 Å². The van der Waals surface area contributed by atoms with Gasteiger partial charge in [0.25, 0.3) is 0 Å². The molecule has 96 valence electrons. The quantitative estimate of drug-likeness (QED) is 0.909. The van der Waals surface area contributed by atoms with Crippen LogP contribution < -0.4 is 5.32 Å². The van der Waals surface area contributed by atoms with E-state index >= 15 is 0 Å². The van der Waals surface area contributed by atoms with Gasteiger partial charge in [0.05, 0.1) is 5.60 Å². The number of hydrogen-bond donors (Lipinski definition) is 1. The summed E-state index contributed by atoms with van der Waals surface area (Å²) in [6, 6.07) is 0. The van der Waals surface area contributed by atoms with Crippen molar-refractivity contribution in [3.8, 4) is 0 Å². The van der Waals surface area contributed by atoms with Crippen molar-refractivity contribution >= 4 is 16.5 Å². The van der Waals surface area contributed by atoms with Gasteiger partial charge in [0.15, 0.2) is 10.8 Å². The van der Waals surface area contributed by atoms with E-state index in [1.165, 1.54) is 0 Å². The number of rotatable bonds is 4. The zero-order valence-corrected chi connectivity index (χ0v) is 10.1. The molecule has 0 spiro atoms. The first-order valence-corrected chi connectivity index (χ1v) is 6.15. The minimum absolute atomic E-state index is 0.218. The molecule has 17 heavy (non-hydrogen) atoms. The van der Waals surface area contributed by atoms with Crippen molar-refractivity contribution in [1.82, 2.24) is 4.98 Å². The summed E-state index contributed by atoms with van der Waals surface area (Å²) in [7, 11) is 1.63. The molecule has 0 amide bonds. The van der Waals surface area contributed by atoms with Crippen LogP contribution in [0.5, 0.6) is 0 Å².